The molecule has 0 N–H and O–H groups in total. The monoisotopic (exact) mass is 358 g/mol. The molecule has 126 valence electrons. The van der Waals surface area contributed by atoms with Crippen LogP contribution in [0.4, 0.5) is 10.1 Å². The van der Waals surface area contributed by atoms with Crippen LogP contribution in [0.25, 0.3) is 0 Å². The summed E-state index contributed by atoms with van der Waals surface area (Å²) < 4.78 is 13.1. The molecule has 0 bridgehead atoms. The summed E-state index contributed by atoms with van der Waals surface area (Å²) in [6.45, 7) is 0.307. The molecule has 1 saturated heterocycles. The molecule has 4 rings (SSSR count). The van der Waals surface area contributed by atoms with Crippen molar-refractivity contribution in [2.75, 3.05) is 4.90 Å². The predicted molar refractivity (Wildman–Crippen MR) is 88.3 cm³/mol. The summed E-state index contributed by atoms with van der Waals surface area (Å²) in [4.78, 5) is 26.4. The van der Waals surface area contributed by atoms with Crippen molar-refractivity contribution in [1.82, 2.24) is 5.01 Å². The van der Waals surface area contributed by atoms with Crippen molar-refractivity contribution in [3.8, 4) is 0 Å². The quantitative estimate of drug-likeness (QED) is 0.792. The molecule has 6 nitrogen and oxygen atoms in total. The highest BCUT2D eigenvalue weighted by Gasteiger charge is 2.54. The van der Waals surface area contributed by atoms with Gasteiger partial charge >= 0.3 is 0 Å². The number of carbonyl (C=O) groups is 2. The van der Waals surface area contributed by atoms with Crippen LogP contribution in [0.2, 0.25) is 5.02 Å². The average molecular weight is 359 g/mol. The fourth-order valence-electron chi connectivity index (χ4n) is 3.02. The van der Waals surface area contributed by atoms with Crippen molar-refractivity contribution in [3.63, 3.8) is 0 Å². The van der Waals surface area contributed by atoms with Gasteiger partial charge in [-0.05, 0) is 42.0 Å². The molecule has 8 heteroatoms. The van der Waals surface area contributed by atoms with Gasteiger partial charge in [0.15, 0.2) is 12.1 Å². The highest BCUT2D eigenvalue weighted by Crippen LogP contribution is 2.32. The first kappa shape index (κ1) is 15.7. The molecular weight excluding hydrogens is 347 g/mol. The molecule has 2 heterocycles. The molecule has 0 saturated carbocycles. The van der Waals surface area contributed by atoms with E-state index in [1.165, 1.54) is 29.3 Å². The van der Waals surface area contributed by atoms with Crippen LogP contribution in [0.5, 0.6) is 0 Å². The van der Waals surface area contributed by atoms with E-state index in [4.69, 9.17) is 11.6 Å². The highest BCUT2D eigenvalue weighted by molar-refractivity contribution is 6.30. The van der Waals surface area contributed by atoms with Crippen molar-refractivity contribution in [1.29, 1.82) is 0 Å². The number of anilines is 1. The molecule has 0 spiro atoms. The third-order valence-electron chi connectivity index (χ3n) is 4.18. The van der Waals surface area contributed by atoms with Crippen LogP contribution in [0, 0.1) is 5.82 Å². The number of nitrogens with zero attached hydrogens (tertiary/aromatic N) is 4. The van der Waals surface area contributed by atoms with Gasteiger partial charge in [0.1, 0.15) is 5.82 Å². The molecule has 0 radical (unpaired) electrons. The molecule has 2 unspecified atom stereocenters. The van der Waals surface area contributed by atoms with Crippen LogP contribution in [-0.2, 0) is 16.1 Å². The van der Waals surface area contributed by atoms with Crippen molar-refractivity contribution in [2.24, 2.45) is 10.3 Å². The van der Waals surface area contributed by atoms with Gasteiger partial charge in [-0.2, -0.15) is 5.11 Å². The number of amides is 2. The van der Waals surface area contributed by atoms with E-state index in [0.717, 1.165) is 10.5 Å². The number of fused-ring (bicyclic) bond motifs is 1. The molecule has 2 aromatic rings. The van der Waals surface area contributed by atoms with E-state index >= 15 is 0 Å². The number of rotatable bonds is 3. The lowest BCUT2D eigenvalue weighted by Gasteiger charge is -2.20. The van der Waals surface area contributed by atoms with E-state index < -0.39 is 29.7 Å². The number of benzene rings is 2. The number of hydrogen-bond donors (Lipinski definition) is 0. The zero-order valence-electron chi connectivity index (χ0n) is 12.8. The lowest BCUT2D eigenvalue weighted by molar-refractivity contribution is -0.123. The third-order valence-corrected chi connectivity index (χ3v) is 4.41. The minimum Gasteiger partial charge on any atom is -0.271 e. The van der Waals surface area contributed by atoms with Gasteiger partial charge in [0, 0.05) is 5.02 Å². The fourth-order valence-corrected chi connectivity index (χ4v) is 3.23. The Hall–Kier alpha value is -2.80. The Balaban J connectivity index is 1.60. The van der Waals surface area contributed by atoms with E-state index in [-0.39, 0.29) is 0 Å². The van der Waals surface area contributed by atoms with E-state index in [2.05, 4.69) is 10.3 Å². The Kier molecular flexibility index (Phi) is 3.73. The number of imide groups is 1. The molecule has 0 aliphatic carbocycles. The molecule has 0 aromatic heterocycles. The van der Waals surface area contributed by atoms with Gasteiger partial charge in [-0.3, -0.25) is 14.6 Å². The maximum Gasteiger partial charge on any atom is 0.263 e. The van der Waals surface area contributed by atoms with Crippen LogP contribution in [0.15, 0.2) is 58.9 Å². The van der Waals surface area contributed by atoms with E-state index in [1.54, 1.807) is 18.2 Å². The van der Waals surface area contributed by atoms with Crippen LogP contribution in [0.3, 0.4) is 0 Å². The summed E-state index contributed by atoms with van der Waals surface area (Å²) in [5, 5.41) is 9.99. The van der Waals surface area contributed by atoms with Gasteiger partial charge in [0.25, 0.3) is 11.8 Å². The van der Waals surface area contributed by atoms with Gasteiger partial charge in [0.05, 0.1) is 12.2 Å². The summed E-state index contributed by atoms with van der Waals surface area (Å²) in [6.07, 6.45) is 0. The van der Waals surface area contributed by atoms with E-state index in [1.807, 2.05) is 6.07 Å². The molecule has 2 amide bonds. The summed E-state index contributed by atoms with van der Waals surface area (Å²) in [6, 6.07) is 10.7. The first-order chi connectivity index (χ1) is 12.0. The predicted octanol–water partition coefficient (Wildman–Crippen LogP) is 2.97. The normalized spacial score (nSPS) is 22.0. The highest BCUT2D eigenvalue weighted by atomic mass is 35.5. The Morgan fingerprint density at radius 3 is 2.56 bits per heavy atom. The molecule has 2 aliphatic rings. The van der Waals surface area contributed by atoms with Gasteiger partial charge in [-0.1, -0.05) is 29.0 Å². The van der Waals surface area contributed by atoms with Crippen molar-refractivity contribution in [2.45, 2.75) is 18.6 Å². The fraction of sp³-hybridized carbons (Fsp3) is 0.176. The Bertz CT molecular complexity index is 886. The van der Waals surface area contributed by atoms with E-state index in [9.17, 15) is 14.0 Å². The van der Waals surface area contributed by atoms with Crippen LogP contribution in [0.1, 0.15) is 5.56 Å². The maximum absolute atomic E-state index is 13.1. The zero-order valence-corrected chi connectivity index (χ0v) is 13.6. The SMILES string of the molecule is O=C1C2N=NN(Cc3cccc(Cl)c3)C2C(=O)N1c1ccc(F)cc1. The second kappa shape index (κ2) is 5.93. The second-order valence-electron chi connectivity index (χ2n) is 5.81. The smallest absolute Gasteiger partial charge is 0.263 e. The summed E-state index contributed by atoms with van der Waals surface area (Å²) in [5.74, 6) is -1.32. The standard InChI is InChI=1S/C17H12ClFN4O2/c18-11-3-1-2-10(8-11)9-22-15-14(20-21-22)16(24)23(17(15)25)13-6-4-12(19)5-7-13/h1-8,14-15H,9H2. The first-order valence-corrected chi connectivity index (χ1v) is 7.97. The zero-order chi connectivity index (χ0) is 17.6. The minimum atomic E-state index is -0.878. The number of hydrogen-bond acceptors (Lipinski definition) is 5. The lowest BCUT2D eigenvalue weighted by atomic mass is 10.1. The summed E-state index contributed by atoms with van der Waals surface area (Å²) in [5.41, 5.74) is 1.18. The van der Waals surface area contributed by atoms with Gasteiger partial charge in [-0.15, -0.1) is 0 Å². The number of carbonyl (C=O) groups excluding carboxylic acids is 2. The van der Waals surface area contributed by atoms with Gasteiger partial charge in [-0.25, -0.2) is 9.29 Å². The summed E-state index contributed by atoms with van der Waals surface area (Å²) in [7, 11) is 0. The maximum atomic E-state index is 13.1. The third kappa shape index (κ3) is 2.66. The van der Waals surface area contributed by atoms with Crippen molar-refractivity contribution in [3.05, 3.63) is 64.9 Å². The molecule has 25 heavy (non-hydrogen) atoms. The average Bonchev–Trinajstić information content (AvgIpc) is 3.10. The Morgan fingerprint density at radius 2 is 1.84 bits per heavy atom. The molecule has 1 fully saturated rings. The van der Waals surface area contributed by atoms with Gasteiger partial charge < -0.3 is 0 Å². The van der Waals surface area contributed by atoms with Crippen molar-refractivity contribution >= 4 is 29.1 Å². The second-order valence-corrected chi connectivity index (χ2v) is 6.25. The number of halogens is 2. The summed E-state index contributed by atoms with van der Waals surface area (Å²) >= 11 is 5.98. The minimum absolute atomic E-state index is 0.307. The molecule has 2 aromatic carbocycles. The Morgan fingerprint density at radius 1 is 1.08 bits per heavy atom. The van der Waals surface area contributed by atoms with E-state index in [0.29, 0.717) is 17.3 Å². The lowest BCUT2D eigenvalue weighted by Crippen LogP contribution is -2.39. The van der Waals surface area contributed by atoms with Crippen LogP contribution in [-0.4, -0.2) is 28.9 Å². The Labute approximate surface area is 147 Å². The molecule has 2 atom stereocenters. The largest absolute Gasteiger partial charge is 0.271 e. The van der Waals surface area contributed by atoms with Crippen LogP contribution < -0.4 is 4.90 Å². The van der Waals surface area contributed by atoms with Gasteiger partial charge in [0.2, 0.25) is 0 Å². The van der Waals surface area contributed by atoms with Crippen LogP contribution >= 0.6 is 11.6 Å². The molecule has 2 aliphatic heterocycles. The van der Waals surface area contributed by atoms with Crippen molar-refractivity contribution < 1.29 is 14.0 Å². The first-order valence-electron chi connectivity index (χ1n) is 7.60. The molecular formula is C17H12ClFN4O2. The topological polar surface area (TPSA) is 65.3 Å².